The van der Waals surface area contributed by atoms with Gasteiger partial charge in [0.1, 0.15) is 0 Å². The van der Waals surface area contributed by atoms with Crippen LogP contribution in [0, 0.1) is 6.92 Å². The number of aryl methyl sites for hydroxylation is 1. The third-order valence-corrected chi connectivity index (χ3v) is 6.55. The van der Waals surface area contributed by atoms with Crippen molar-refractivity contribution in [3.8, 4) is 0 Å². The normalized spacial score (nSPS) is 15.7. The number of halogens is 1. The number of piperidine rings is 1. The van der Waals surface area contributed by atoms with Crippen LogP contribution in [0.1, 0.15) is 39.7 Å². The summed E-state index contributed by atoms with van der Waals surface area (Å²) in [4.78, 5) is 19.6. The molecule has 1 aliphatic rings. The fraction of sp³-hybridized carbons (Fsp3) is 0.300. The average Bonchev–Trinajstić information content (AvgIpc) is 3.05. The molecule has 0 atom stereocenters. The number of nitrogens with zero attached hydrogens (tertiary/aromatic N) is 2. The van der Waals surface area contributed by atoms with Crippen LogP contribution in [-0.2, 0) is 0 Å². The molecule has 0 N–H and O–H groups in total. The number of thiazole rings is 1. The second-order valence-electron chi connectivity index (χ2n) is 6.55. The molecule has 1 amide bonds. The average molecular weight is 415 g/mol. The summed E-state index contributed by atoms with van der Waals surface area (Å²) in [7, 11) is 0. The minimum absolute atomic E-state index is 0.146. The zero-order valence-corrected chi connectivity index (χ0v) is 16.4. The van der Waals surface area contributed by atoms with Gasteiger partial charge in [-0.25, -0.2) is 4.98 Å². The van der Waals surface area contributed by atoms with Crippen molar-refractivity contribution in [1.29, 1.82) is 0 Å². The number of rotatable bonds is 2. The van der Waals surface area contributed by atoms with E-state index in [0.29, 0.717) is 5.92 Å². The molecule has 2 heterocycles. The molecule has 2 aromatic carbocycles. The molecular formula is C20H19BrN2OS. The predicted octanol–water partition coefficient (Wildman–Crippen LogP) is 5.39. The molecule has 0 bridgehead atoms. The topological polar surface area (TPSA) is 33.2 Å². The van der Waals surface area contributed by atoms with Gasteiger partial charge in [0.15, 0.2) is 0 Å². The van der Waals surface area contributed by atoms with Crippen molar-refractivity contribution >= 4 is 43.4 Å². The third-order valence-electron chi connectivity index (χ3n) is 4.86. The molecule has 25 heavy (non-hydrogen) atoms. The fourth-order valence-electron chi connectivity index (χ4n) is 3.43. The van der Waals surface area contributed by atoms with E-state index in [4.69, 9.17) is 4.98 Å². The molecule has 1 aliphatic heterocycles. The molecule has 0 aliphatic carbocycles. The van der Waals surface area contributed by atoms with Gasteiger partial charge in [0.05, 0.1) is 15.2 Å². The van der Waals surface area contributed by atoms with Crippen LogP contribution in [0.3, 0.4) is 0 Å². The van der Waals surface area contributed by atoms with E-state index in [1.807, 2.05) is 36.1 Å². The standard InChI is InChI=1S/C20H19BrN2OS/c1-13-12-15(21)6-7-16(13)20(24)23-10-8-14(9-11-23)19-22-17-4-2-3-5-18(17)25-19/h2-7,12,14H,8-11H2,1H3. The van der Waals surface area contributed by atoms with Crippen molar-refractivity contribution in [2.24, 2.45) is 0 Å². The molecule has 1 aromatic heterocycles. The van der Waals surface area contributed by atoms with Gasteiger partial charge in [-0.1, -0.05) is 28.1 Å². The van der Waals surface area contributed by atoms with Gasteiger partial charge in [0.25, 0.3) is 5.91 Å². The number of carbonyl (C=O) groups excluding carboxylic acids is 1. The molecule has 4 rings (SSSR count). The summed E-state index contributed by atoms with van der Waals surface area (Å²) < 4.78 is 2.26. The van der Waals surface area contributed by atoms with Crippen LogP contribution in [0.2, 0.25) is 0 Å². The van der Waals surface area contributed by atoms with Crippen molar-refractivity contribution in [3.63, 3.8) is 0 Å². The first-order chi connectivity index (χ1) is 12.1. The summed E-state index contributed by atoms with van der Waals surface area (Å²) in [5.74, 6) is 0.611. The first-order valence-corrected chi connectivity index (χ1v) is 10.1. The molecule has 0 radical (unpaired) electrons. The van der Waals surface area contributed by atoms with Gasteiger partial charge in [-0.15, -0.1) is 11.3 Å². The van der Waals surface area contributed by atoms with E-state index in [0.717, 1.165) is 47.0 Å². The van der Waals surface area contributed by atoms with Crippen molar-refractivity contribution in [3.05, 3.63) is 63.1 Å². The van der Waals surface area contributed by atoms with Gasteiger partial charge in [-0.05, 0) is 55.7 Å². The first kappa shape index (κ1) is 16.7. The lowest BCUT2D eigenvalue weighted by Crippen LogP contribution is -2.38. The van der Waals surface area contributed by atoms with Crippen LogP contribution in [0.15, 0.2) is 46.9 Å². The third kappa shape index (κ3) is 3.35. The Morgan fingerprint density at radius 3 is 2.68 bits per heavy atom. The lowest BCUT2D eigenvalue weighted by Gasteiger charge is -2.31. The van der Waals surface area contributed by atoms with E-state index in [1.165, 1.54) is 9.71 Å². The highest BCUT2D eigenvalue weighted by Gasteiger charge is 2.27. The number of aromatic nitrogens is 1. The Bertz CT molecular complexity index is 895. The highest BCUT2D eigenvalue weighted by Crippen LogP contribution is 2.34. The van der Waals surface area contributed by atoms with Gasteiger partial charge >= 0.3 is 0 Å². The molecular weight excluding hydrogens is 396 g/mol. The maximum Gasteiger partial charge on any atom is 0.254 e. The minimum Gasteiger partial charge on any atom is -0.339 e. The van der Waals surface area contributed by atoms with Crippen LogP contribution in [0.25, 0.3) is 10.2 Å². The van der Waals surface area contributed by atoms with Crippen molar-refractivity contribution < 1.29 is 4.79 Å². The van der Waals surface area contributed by atoms with Gasteiger partial charge in [-0.2, -0.15) is 0 Å². The van der Waals surface area contributed by atoms with E-state index in [-0.39, 0.29) is 5.91 Å². The second kappa shape index (κ2) is 6.89. The molecule has 5 heteroatoms. The predicted molar refractivity (Wildman–Crippen MR) is 106 cm³/mol. The smallest absolute Gasteiger partial charge is 0.254 e. The molecule has 3 aromatic rings. The Hall–Kier alpha value is -1.72. The number of para-hydroxylation sites is 1. The number of carbonyl (C=O) groups is 1. The van der Waals surface area contributed by atoms with Crippen molar-refractivity contribution in [2.75, 3.05) is 13.1 Å². The largest absolute Gasteiger partial charge is 0.339 e. The van der Waals surface area contributed by atoms with Crippen LogP contribution in [-0.4, -0.2) is 28.9 Å². The highest BCUT2D eigenvalue weighted by atomic mass is 79.9. The van der Waals surface area contributed by atoms with Crippen LogP contribution in [0.5, 0.6) is 0 Å². The Kier molecular flexibility index (Phi) is 4.61. The Morgan fingerprint density at radius 1 is 1.20 bits per heavy atom. The summed E-state index contributed by atoms with van der Waals surface area (Å²) in [6, 6.07) is 14.2. The number of hydrogen-bond acceptors (Lipinski definition) is 3. The number of likely N-dealkylation sites (tertiary alicyclic amines) is 1. The number of fused-ring (bicyclic) bond motifs is 1. The van der Waals surface area contributed by atoms with Crippen LogP contribution >= 0.6 is 27.3 Å². The lowest BCUT2D eigenvalue weighted by molar-refractivity contribution is 0.0712. The zero-order chi connectivity index (χ0) is 17.4. The second-order valence-corrected chi connectivity index (χ2v) is 8.52. The number of amides is 1. The Balaban J connectivity index is 1.46. The minimum atomic E-state index is 0.146. The fourth-order valence-corrected chi connectivity index (χ4v) is 5.04. The molecule has 3 nitrogen and oxygen atoms in total. The first-order valence-electron chi connectivity index (χ1n) is 8.53. The monoisotopic (exact) mass is 414 g/mol. The lowest BCUT2D eigenvalue weighted by atomic mass is 9.96. The van der Waals surface area contributed by atoms with Gasteiger partial charge in [0.2, 0.25) is 0 Å². The molecule has 1 saturated heterocycles. The summed E-state index contributed by atoms with van der Waals surface area (Å²) in [6.07, 6.45) is 1.97. The summed E-state index contributed by atoms with van der Waals surface area (Å²) in [5, 5.41) is 1.22. The SMILES string of the molecule is Cc1cc(Br)ccc1C(=O)N1CCC(c2nc3ccccc3s2)CC1. The molecule has 0 saturated carbocycles. The highest BCUT2D eigenvalue weighted by molar-refractivity contribution is 9.10. The van der Waals surface area contributed by atoms with E-state index in [9.17, 15) is 4.79 Å². The van der Waals surface area contributed by atoms with Gasteiger partial charge in [0, 0.05) is 29.0 Å². The summed E-state index contributed by atoms with van der Waals surface area (Å²) >= 11 is 5.25. The van der Waals surface area contributed by atoms with E-state index in [1.54, 1.807) is 11.3 Å². The van der Waals surface area contributed by atoms with Crippen molar-refractivity contribution in [2.45, 2.75) is 25.7 Å². The molecule has 0 spiro atoms. The molecule has 1 fully saturated rings. The zero-order valence-electron chi connectivity index (χ0n) is 14.0. The summed E-state index contributed by atoms with van der Waals surface area (Å²) in [5.41, 5.74) is 2.92. The van der Waals surface area contributed by atoms with E-state index >= 15 is 0 Å². The maximum absolute atomic E-state index is 12.8. The Labute approximate surface area is 159 Å². The van der Waals surface area contributed by atoms with Crippen LogP contribution < -0.4 is 0 Å². The number of hydrogen-bond donors (Lipinski definition) is 0. The Morgan fingerprint density at radius 2 is 1.96 bits per heavy atom. The maximum atomic E-state index is 12.8. The van der Waals surface area contributed by atoms with Crippen molar-refractivity contribution in [1.82, 2.24) is 9.88 Å². The molecule has 128 valence electrons. The summed E-state index contributed by atoms with van der Waals surface area (Å²) in [6.45, 7) is 3.59. The molecule has 0 unspecified atom stereocenters. The van der Waals surface area contributed by atoms with E-state index in [2.05, 4.69) is 34.1 Å². The van der Waals surface area contributed by atoms with Gasteiger partial charge < -0.3 is 4.90 Å². The van der Waals surface area contributed by atoms with Gasteiger partial charge in [-0.3, -0.25) is 4.79 Å². The quantitative estimate of drug-likeness (QED) is 0.563. The number of benzene rings is 2. The van der Waals surface area contributed by atoms with Crippen LogP contribution in [0.4, 0.5) is 0 Å². The van der Waals surface area contributed by atoms with E-state index < -0.39 is 0 Å².